The number of rotatable bonds is 3. The highest BCUT2D eigenvalue weighted by Gasteiger charge is 2.21. The molecule has 1 unspecified atom stereocenters. The Morgan fingerprint density at radius 3 is 2.50 bits per heavy atom. The third-order valence-corrected chi connectivity index (χ3v) is 2.01. The Morgan fingerprint density at radius 2 is 2.06 bits per heavy atom. The number of aromatic nitrogens is 1. The minimum atomic E-state index is -0.720. The molecule has 1 N–H and O–H groups in total. The van der Waals surface area contributed by atoms with Crippen LogP contribution in [0.15, 0.2) is 4.42 Å². The van der Waals surface area contributed by atoms with Crippen LogP contribution in [0.3, 0.4) is 0 Å². The van der Waals surface area contributed by atoms with Crippen LogP contribution in [0.4, 0.5) is 0 Å². The molecule has 0 bridgehead atoms. The molecule has 0 saturated heterocycles. The second-order valence-electron chi connectivity index (χ2n) is 3.37. The Morgan fingerprint density at radius 1 is 1.44 bits per heavy atom. The van der Waals surface area contributed by atoms with Crippen molar-refractivity contribution in [2.24, 2.45) is 0 Å². The summed E-state index contributed by atoms with van der Waals surface area (Å²) in [5, 5.41) is 2.45. The normalized spacial score (nSPS) is 12.0. The van der Waals surface area contributed by atoms with Crippen molar-refractivity contribution in [1.29, 1.82) is 0 Å². The van der Waals surface area contributed by atoms with Gasteiger partial charge in [-0.1, -0.05) is 0 Å². The molecule has 0 aliphatic carbocycles. The van der Waals surface area contributed by atoms with E-state index < -0.39 is 17.9 Å². The van der Waals surface area contributed by atoms with Crippen molar-refractivity contribution in [1.82, 2.24) is 10.3 Å². The van der Waals surface area contributed by atoms with Crippen molar-refractivity contribution in [3.05, 3.63) is 17.3 Å². The summed E-state index contributed by atoms with van der Waals surface area (Å²) in [4.78, 5) is 26.7. The van der Waals surface area contributed by atoms with Gasteiger partial charge in [-0.15, -0.1) is 0 Å². The lowest BCUT2D eigenvalue weighted by atomic mass is 10.3. The van der Waals surface area contributed by atoms with E-state index >= 15 is 0 Å². The predicted molar refractivity (Wildman–Crippen MR) is 54.9 cm³/mol. The van der Waals surface area contributed by atoms with Crippen LogP contribution in [0.2, 0.25) is 0 Å². The first-order valence-electron chi connectivity index (χ1n) is 4.78. The summed E-state index contributed by atoms with van der Waals surface area (Å²) in [5.74, 6) is -0.458. The molecule has 1 amide bonds. The number of oxazole rings is 1. The number of aryl methyl sites for hydroxylation is 2. The average Bonchev–Trinajstić information content (AvgIpc) is 2.56. The quantitative estimate of drug-likeness (QED) is 0.762. The number of methoxy groups -OCH3 is 1. The number of carbonyl (C=O) groups excluding carboxylic acids is 2. The van der Waals surface area contributed by atoms with E-state index in [1.165, 1.54) is 14.0 Å². The topological polar surface area (TPSA) is 81.4 Å². The van der Waals surface area contributed by atoms with E-state index in [0.29, 0.717) is 11.6 Å². The molecule has 16 heavy (non-hydrogen) atoms. The zero-order valence-corrected chi connectivity index (χ0v) is 9.66. The maximum Gasteiger partial charge on any atom is 0.328 e. The largest absolute Gasteiger partial charge is 0.467 e. The maximum absolute atomic E-state index is 11.7. The minimum Gasteiger partial charge on any atom is -0.467 e. The molecule has 0 aliphatic rings. The molecular weight excluding hydrogens is 212 g/mol. The van der Waals surface area contributed by atoms with Gasteiger partial charge in [-0.25, -0.2) is 9.78 Å². The summed E-state index contributed by atoms with van der Waals surface area (Å²) < 4.78 is 9.60. The fraction of sp³-hybridized carbons (Fsp3) is 0.500. The molecule has 88 valence electrons. The Balaban J connectivity index is 2.73. The second kappa shape index (κ2) is 4.78. The molecule has 1 aromatic rings. The molecule has 0 aliphatic heterocycles. The maximum atomic E-state index is 11.7. The number of esters is 1. The Labute approximate surface area is 93.0 Å². The highest BCUT2D eigenvalue weighted by atomic mass is 16.5. The summed E-state index contributed by atoms with van der Waals surface area (Å²) in [6.45, 7) is 4.84. The van der Waals surface area contributed by atoms with Gasteiger partial charge in [-0.05, 0) is 13.8 Å². The van der Waals surface area contributed by atoms with Crippen molar-refractivity contribution in [3.63, 3.8) is 0 Å². The SMILES string of the molecule is COC(=O)C(C)NC(=O)c1oc(C)nc1C. The van der Waals surface area contributed by atoms with Crippen LogP contribution in [0.1, 0.15) is 29.1 Å². The molecule has 0 fully saturated rings. The van der Waals surface area contributed by atoms with E-state index in [2.05, 4.69) is 15.0 Å². The number of hydrogen-bond acceptors (Lipinski definition) is 5. The van der Waals surface area contributed by atoms with E-state index in [4.69, 9.17) is 4.42 Å². The third-order valence-electron chi connectivity index (χ3n) is 2.01. The summed E-state index contributed by atoms with van der Waals surface area (Å²) in [5.41, 5.74) is 0.493. The first-order chi connectivity index (χ1) is 7.45. The molecule has 0 radical (unpaired) electrons. The molecule has 0 spiro atoms. The van der Waals surface area contributed by atoms with E-state index in [1.807, 2.05) is 0 Å². The molecule has 6 heteroatoms. The number of amides is 1. The molecule has 0 saturated carbocycles. The van der Waals surface area contributed by atoms with Gasteiger partial charge < -0.3 is 14.5 Å². The van der Waals surface area contributed by atoms with Gasteiger partial charge in [-0.2, -0.15) is 0 Å². The molecule has 1 atom stereocenters. The zero-order valence-electron chi connectivity index (χ0n) is 9.66. The molecule has 6 nitrogen and oxygen atoms in total. The van der Waals surface area contributed by atoms with Crippen LogP contribution in [-0.4, -0.2) is 30.0 Å². The smallest absolute Gasteiger partial charge is 0.328 e. The number of carbonyl (C=O) groups is 2. The Bertz CT molecular complexity index is 411. The predicted octanol–water partition coefficient (Wildman–Crippen LogP) is 0.583. The van der Waals surface area contributed by atoms with Crippen LogP contribution in [0, 0.1) is 13.8 Å². The van der Waals surface area contributed by atoms with Crippen LogP contribution in [0.25, 0.3) is 0 Å². The number of nitrogens with one attached hydrogen (secondary N) is 1. The lowest BCUT2D eigenvalue weighted by Gasteiger charge is -2.09. The van der Waals surface area contributed by atoms with Crippen LogP contribution < -0.4 is 5.32 Å². The zero-order chi connectivity index (χ0) is 12.3. The van der Waals surface area contributed by atoms with Crippen molar-refractivity contribution in [2.45, 2.75) is 26.8 Å². The highest BCUT2D eigenvalue weighted by molar-refractivity contribution is 5.95. The minimum absolute atomic E-state index is 0.119. The lowest BCUT2D eigenvalue weighted by Crippen LogP contribution is -2.39. The fourth-order valence-corrected chi connectivity index (χ4v) is 1.24. The first kappa shape index (κ1) is 12.2. The lowest BCUT2D eigenvalue weighted by molar-refractivity contribution is -0.142. The highest BCUT2D eigenvalue weighted by Crippen LogP contribution is 2.09. The van der Waals surface area contributed by atoms with Crippen LogP contribution in [0.5, 0.6) is 0 Å². The summed E-state index contributed by atoms with van der Waals surface area (Å²) in [7, 11) is 1.26. The monoisotopic (exact) mass is 226 g/mol. The Hall–Kier alpha value is -1.85. The standard InChI is InChI=1S/C10H14N2O4/c1-5-8(16-7(3)11-5)9(13)12-6(2)10(14)15-4/h6H,1-4H3,(H,12,13). The van der Waals surface area contributed by atoms with E-state index in [-0.39, 0.29) is 5.76 Å². The Kier molecular flexibility index (Phi) is 3.65. The van der Waals surface area contributed by atoms with Gasteiger partial charge in [0, 0.05) is 6.92 Å². The van der Waals surface area contributed by atoms with E-state index in [9.17, 15) is 9.59 Å². The summed E-state index contributed by atoms with van der Waals surface area (Å²) >= 11 is 0. The van der Waals surface area contributed by atoms with Gasteiger partial charge in [0.2, 0.25) is 5.76 Å². The van der Waals surface area contributed by atoms with Crippen LogP contribution >= 0.6 is 0 Å². The number of nitrogens with zero attached hydrogens (tertiary/aromatic N) is 1. The molecular formula is C10H14N2O4. The van der Waals surface area contributed by atoms with Gasteiger partial charge in [0.25, 0.3) is 5.91 Å². The van der Waals surface area contributed by atoms with Gasteiger partial charge >= 0.3 is 5.97 Å². The molecule has 1 rings (SSSR count). The summed E-state index contributed by atoms with van der Waals surface area (Å²) in [6.07, 6.45) is 0. The van der Waals surface area contributed by atoms with E-state index in [0.717, 1.165) is 0 Å². The summed E-state index contributed by atoms with van der Waals surface area (Å²) in [6, 6.07) is -0.720. The van der Waals surface area contributed by atoms with E-state index in [1.54, 1.807) is 13.8 Å². The van der Waals surface area contributed by atoms with Gasteiger partial charge in [0.15, 0.2) is 5.89 Å². The third kappa shape index (κ3) is 2.59. The number of hydrogen-bond donors (Lipinski definition) is 1. The first-order valence-corrected chi connectivity index (χ1v) is 4.78. The fourth-order valence-electron chi connectivity index (χ4n) is 1.24. The van der Waals surface area contributed by atoms with Crippen LogP contribution in [-0.2, 0) is 9.53 Å². The van der Waals surface area contributed by atoms with Crippen molar-refractivity contribution >= 4 is 11.9 Å². The second-order valence-corrected chi connectivity index (χ2v) is 3.37. The van der Waals surface area contributed by atoms with Gasteiger partial charge in [-0.3, -0.25) is 4.79 Å². The number of ether oxygens (including phenoxy) is 1. The molecule has 1 heterocycles. The molecule has 0 aromatic carbocycles. The van der Waals surface area contributed by atoms with Gasteiger partial charge in [0.05, 0.1) is 12.8 Å². The van der Waals surface area contributed by atoms with Crippen molar-refractivity contribution in [2.75, 3.05) is 7.11 Å². The average molecular weight is 226 g/mol. The molecule has 1 aromatic heterocycles. The van der Waals surface area contributed by atoms with Crippen molar-refractivity contribution < 1.29 is 18.7 Å². The van der Waals surface area contributed by atoms with Crippen molar-refractivity contribution in [3.8, 4) is 0 Å². The van der Waals surface area contributed by atoms with Gasteiger partial charge in [0.1, 0.15) is 6.04 Å².